The van der Waals surface area contributed by atoms with Crippen molar-refractivity contribution in [2.45, 2.75) is 128 Å². The average Bonchev–Trinajstić information content (AvgIpc) is 3.92. The zero-order chi connectivity index (χ0) is 47.2. The first-order valence-electron chi connectivity index (χ1n) is 21.7. The predicted octanol–water partition coefficient (Wildman–Crippen LogP) is 0.234. The van der Waals surface area contributed by atoms with Gasteiger partial charge in [-0.05, 0) is 56.9 Å². The number of carbonyl (C=O) groups excluding carboxylic acids is 6. The van der Waals surface area contributed by atoms with Crippen LogP contribution in [0.5, 0.6) is 0 Å². The average molecular weight is 923 g/mol. The van der Waals surface area contributed by atoms with Crippen molar-refractivity contribution in [3.8, 4) is 0 Å². The first kappa shape index (κ1) is 53.6. The molecule has 1 aromatic carbocycles. The van der Waals surface area contributed by atoms with Crippen LogP contribution in [-0.2, 0) is 66.7 Å². The summed E-state index contributed by atoms with van der Waals surface area (Å²) in [6.07, 6.45) is 7.25. The van der Waals surface area contributed by atoms with Crippen molar-refractivity contribution in [3.05, 3.63) is 54.1 Å². The first-order valence-corrected chi connectivity index (χ1v) is 23.2. The van der Waals surface area contributed by atoms with Crippen molar-refractivity contribution in [1.82, 2.24) is 35.7 Å². The maximum atomic E-state index is 14.2. The highest BCUT2D eigenvalue weighted by Gasteiger charge is 2.38. The molecule has 0 bridgehead atoms. The molecule has 0 unspecified atom stereocenters. The fraction of sp³-hybridized carbons (Fsp3) is 0.643. The number of rotatable bonds is 30. The molecule has 1 aromatic heterocycles. The first-order chi connectivity index (χ1) is 30.4. The fourth-order valence-electron chi connectivity index (χ4n) is 7.29. The number of aliphatic hydroxyl groups is 1. The van der Waals surface area contributed by atoms with Crippen molar-refractivity contribution in [2.75, 3.05) is 40.1 Å². The van der Waals surface area contributed by atoms with Crippen LogP contribution in [0.4, 0.5) is 0 Å². The molecule has 2 heterocycles. The van der Waals surface area contributed by atoms with E-state index in [1.165, 1.54) is 17.6 Å². The molecule has 358 valence electrons. The van der Waals surface area contributed by atoms with Gasteiger partial charge < -0.3 is 60.8 Å². The highest BCUT2D eigenvalue weighted by atomic mass is 31.2. The highest BCUT2D eigenvalue weighted by molar-refractivity contribution is 7.46. The van der Waals surface area contributed by atoms with Gasteiger partial charge >= 0.3 is 7.82 Å². The number of benzene rings is 1. The molecular formula is C42H67N8O13P. The molecule has 0 radical (unpaired) electrons. The number of aromatic nitrogens is 2. The van der Waals surface area contributed by atoms with Gasteiger partial charge in [0.2, 0.25) is 35.4 Å². The Hall–Kier alpha value is -4.76. The third-order valence-corrected chi connectivity index (χ3v) is 11.2. The van der Waals surface area contributed by atoms with Gasteiger partial charge in [0.15, 0.2) is 0 Å². The molecule has 21 nitrogen and oxygen atoms in total. The molecule has 1 aliphatic rings. The molecule has 9 N–H and O–H groups in total. The molecule has 64 heavy (non-hydrogen) atoms. The molecule has 0 saturated carbocycles. The van der Waals surface area contributed by atoms with Crippen LogP contribution >= 0.6 is 7.82 Å². The largest absolute Gasteiger partial charge is 0.469 e. The summed E-state index contributed by atoms with van der Waals surface area (Å²) in [5, 5.41) is 20.3. The maximum absolute atomic E-state index is 14.2. The summed E-state index contributed by atoms with van der Waals surface area (Å²) >= 11 is 0. The summed E-state index contributed by atoms with van der Waals surface area (Å²) in [6.45, 7) is 5.53. The number of aliphatic hydroxyl groups excluding tert-OH is 1. The Bertz CT molecular complexity index is 1850. The van der Waals surface area contributed by atoms with Crippen molar-refractivity contribution in [1.29, 1.82) is 0 Å². The third-order valence-electron chi connectivity index (χ3n) is 10.6. The van der Waals surface area contributed by atoms with Gasteiger partial charge in [-0.2, -0.15) is 0 Å². The normalized spacial score (nSPS) is 16.4. The SMILES string of the molecule is COCCOCCC(=O)N1CCC[C@H]1C(=O)N[C@@H](CC(C)C)C(=O)N[C@@H](Cc1cncn1CCCCCCc1ccccc1)C(=O)N[C@@H](CO)C(=O)N[C@H](C(N)=O)[C@@H](C)OP(=O)(O)O. The maximum Gasteiger partial charge on any atom is 0.469 e. The molecule has 0 aliphatic carbocycles. The van der Waals surface area contributed by atoms with E-state index >= 15 is 0 Å². The van der Waals surface area contributed by atoms with Crippen LogP contribution in [0.15, 0.2) is 42.9 Å². The van der Waals surface area contributed by atoms with E-state index in [1.807, 2.05) is 36.6 Å². The minimum Gasteiger partial charge on any atom is -0.394 e. The van der Waals surface area contributed by atoms with Gasteiger partial charge in [-0.25, -0.2) is 9.55 Å². The summed E-state index contributed by atoms with van der Waals surface area (Å²) in [5.74, 6) is -4.94. The number of likely N-dealkylation sites (tertiary alicyclic amines) is 1. The van der Waals surface area contributed by atoms with Gasteiger partial charge in [-0.3, -0.25) is 33.3 Å². The topological polar surface area (TPSA) is 303 Å². The standard InChI is InChI=1S/C42H67N8O13P/c1-28(2)23-32(46-42(57)35-16-12-19-50(35)36(52)17-20-62-22-21-61-4)39(54)45-33(24-31-25-44-27-49(31)18-11-6-5-8-13-30-14-9-7-10-15-30)40(55)47-34(26-51)41(56)48-37(38(43)53)29(3)63-64(58,59)60/h7,9-10,14-15,25,27-29,32-35,37,51H,5-6,8,11-13,16-24,26H2,1-4H3,(H2,43,53)(H,45,54)(H,46,57)(H,47,55)(H,48,56)(H2,58,59,60)/t29-,32+,33+,34+,35+,37+/m1/s1. The van der Waals surface area contributed by atoms with Crippen molar-refractivity contribution < 1.29 is 62.2 Å². The van der Waals surface area contributed by atoms with Crippen LogP contribution in [0.3, 0.4) is 0 Å². The molecule has 1 aliphatic heterocycles. The number of nitrogens with zero attached hydrogens (tertiary/aromatic N) is 3. The Morgan fingerprint density at radius 3 is 2.22 bits per heavy atom. The van der Waals surface area contributed by atoms with Gasteiger partial charge in [0.1, 0.15) is 30.2 Å². The number of amides is 6. The number of carbonyl (C=O) groups is 6. The lowest BCUT2D eigenvalue weighted by Crippen LogP contribution is -2.61. The minimum atomic E-state index is -5.12. The van der Waals surface area contributed by atoms with E-state index in [0.717, 1.165) is 39.0 Å². The number of ether oxygens (including phenoxy) is 2. The van der Waals surface area contributed by atoms with Crippen LogP contribution in [-0.4, -0.2) is 141 Å². The fourth-order valence-corrected chi connectivity index (χ4v) is 7.85. The molecule has 2 aromatic rings. The van der Waals surface area contributed by atoms with Gasteiger partial charge in [0.25, 0.3) is 0 Å². The second-order valence-electron chi connectivity index (χ2n) is 16.2. The van der Waals surface area contributed by atoms with E-state index in [4.69, 9.17) is 15.2 Å². The molecule has 0 spiro atoms. The van der Waals surface area contributed by atoms with E-state index in [1.54, 1.807) is 12.5 Å². The van der Waals surface area contributed by atoms with Crippen LogP contribution in [0.1, 0.15) is 83.4 Å². The molecule has 6 amide bonds. The Morgan fingerprint density at radius 2 is 1.56 bits per heavy atom. The highest BCUT2D eigenvalue weighted by Crippen LogP contribution is 2.38. The van der Waals surface area contributed by atoms with Crippen molar-refractivity contribution in [3.63, 3.8) is 0 Å². The van der Waals surface area contributed by atoms with E-state index in [0.29, 0.717) is 44.8 Å². The summed E-state index contributed by atoms with van der Waals surface area (Å²) in [7, 11) is -3.58. The van der Waals surface area contributed by atoms with E-state index in [9.17, 15) is 48.2 Å². The van der Waals surface area contributed by atoms with Crippen molar-refractivity contribution in [2.24, 2.45) is 11.7 Å². The smallest absolute Gasteiger partial charge is 0.394 e. The number of nitrogens with one attached hydrogen (secondary N) is 4. The van der Waals surface area contributed by atoms with Crippen LogP contribution < -0.4 is 27.0 Å². The van der Waals surface area contributed by atoms with E-state index in [-0.39, 0.29) is 37.7 Å². The Labute approximate surface area is 374 Å². The second-order valence-corrected chi connectivity index (χ2v) is 17.4. The van der Waals surface area contributed by atoms with Crippen LogP contribution in [0.25, 0.3) is 0 Å². The van der Waals surface area contributed by atoms with E-state index < -0.39 is 80.3 Å². The number of primary amides is 1. The number of methoxy groups -OCH3 is 1. The lowest BCUT2D eigenvalue weighted by atomic mass is 10.0. The summed E-state index contributed by atoms with van der Waals surface area (Å²) in [6, 6.07) is 3.28. The minimum absolute atomic E-state index is 0.0568. The predicted molar refractivity (Wildman–Crippen MR) is 233 cm³/mol. The third kappa shape index (κ3) is 18.8. The summed E-state index contributed by atoms with van der Waals surface area (Å²) in [4.78, 5) is 105. The quantitative estimate of drug-likeness (QED) is 0.0385. The van der Waals surface area contributed by atoms with Crippen LogP contribution in [0.2, 0.25) is 0 Å². The summed E-state index contributed by atoms with van der Waals surface area (Å²) in [5.41, 5.74) is 7.19. The number of aryl methyl sites for hydroxylation is 2. The van der Waals surface area contributed by atoms with Crippen molar-refractivity contribution >= 4 is 43.3 Å². The van der Waals surface area contributed by atoms with E-state index in [2.05, 4.69) is 42.9 Å². The monoisotopic (exact) mass is 922 g/mol. The molecule has 3 rings (SSSR count). The van der Waals surface area contributed by atoms with Crippen LogP contribution in [0, 0.1) is 5.92 Å². The Morgan fingerprint density at radius 1 is 0.891 bits per heavy atom. The number of nitrogens with two attached hydrogens (primary N) is 1. The zero-order valence-electron chi connectivity index (χ0n) is 37.2. The Balaban J connectivity index is 1.80. The van der Waals surface area contributed by atoms with Gasteiger partial charge in [-0.1, -0.05) is 57.0 Å². The number of hydrogen-bond acceptors (Lipinski definition) is 12. The number of phosphoric acid groups is 1. The molecule has 1 saturated heterocycles. The lowest BCUT2D eigenvalue weighted by Gasteiger charge is -2.29. The molecule has 22 heteroatoms. The lowest BCUT2D eigenvalue weighted by molar-refractivity contribution is -0.140. The van der Waals surface area contributed by atoms with Gasteiger partial charge in [-0.15, -0.1) is 0 Å². The Kier molecular flexibility index (Phi) is 23.1. The van der Waals surface area contributed by atoms with Gasteiger partial charge in [0.05, 0.1) is 45.3 Å². The van der Waals surface area contributed by atoms with Gasteiger partial charge in [0, 0.05) is 38.5 Å². The number of imidazole rings is 1. The number of unbranched alkanes of at least 4 members (excludes halogenated alkanes) is 3. The molecular weight excluding hydrogens is 855 g/mol. The zero-order valence-corrected chi connectivity index (χ0v) is 38.1. The second kappa shape index (κ2) is 27.5. The molecule has 1 fully saturated rings. The summed E-state index contributed by atoms with van der Waals surface area (Å²) < 4.78 is 28.2. The number of phosphoric ester groups is 1. The molecule has 6 atom stereocenters. The number of hydrogen-bond donors (Lipinski definition) is 8.